The number of ether oxygens (including phenoxy) is 2. The number of carbonyl (C=O) groups is 2. The van der Waals surface area contributed by atoms with Gasteiger partial charge in [0.15, 0.2) is 22.4 Å². The molecule has 0 saturated heterocycles. The molecule has 1 amide bonds. The fraction of sp³-hybridized carbons (Fsp3) is 0.231. The molecule has 3 heterocycles. The Morgan fingerprint density at radius 2 is 1.89 bits per heavy atom. The second-order valence-corrected chi connectivity index (χ2v) is 10.5. The van der Waals surface area contributed by atoms with Crippen LogP contribution in [0.25, 0.3) is 10.2 Å². The first kappa shape index (κ1) is 24.7. The maximum absolute atomic E-state index is 13.8. The number of hydrogen-bond donors (Lipinski definition) is 2. The molecule has 1 aliphatic rings. The van der Waals surface area contributed by atoms with Gasteiger partial charge in [-0.2, -0.15) is 0 Å². The number of aliphatic hydroxyl groups excluding tert-OH is 1. The highest BCUT2D eigenvalue weighted by Gasteiger charge is 2.46. The molecule has 2 N–H and O–H groups in total. The summed E-state index contributed by atoms with van der Waals surface area (Å²) < 4.78 is 11.6. The van der Waals surface area contributed by atoms with Crippen LogP contribution in [0.3, 0.4) is 0 Å². The molecule has 0 bridgehead atoms. The Bertz CT molecular complexity index is 1590. The molecule has 9 nitrogen and oxygen atoms in total. The smallest absolute Gasteiger partial charge is 0.296 e. The minimum atomic E-state index is -1.01. The SMILES string of the molecule is CCOc1cc(C2C(C(=O)c3sc(C)nc3C)=C(O)C(=O)N2c2nc3ccc(OC)cc3s2)ccc1O. The second-order valence-electron chi connectivity index (χ2n) is 8.31. The monoisotopic (exact) mass is 537 g/mol. The number of fused-ring (bicyclic) bond motifs is 1. The molecule has 1 atom stereocenters. The van der Waals surface area contributed by atoms with E-state index in [9.17, 15) is 19.8 Å². The highest BCUT2D eigenvalue weighted by atomic mass is 32.1. The van der Waals surface area contributed by atoms with Crippen molar-refractivity contribution in [1.29, 1.82) is 0 Å². The first-order chi connectivity index (χ1) is 17.7. The Hall–Kier alpha value is -3.96. The van der Waals surface area contributed by atoms with Crippen molar-refractivity contribution in [2.24, 2.45) is 0 Å². The number of ketones is 1. The van der Waals surface area contributed by atoms with Crippen molar-refractivity contribution >= 4 is 49.7 Å². The summed E-state index contributed by atoms with van der Waals surface area (Å²) in [5.41, 5.74) is 1.55. The van der Waals surface area contributed by atoms with E-state index in [1.165, 1.54) is 33.6 Å². The van der Waals surface area contributed by atoms with Crippen LogP contribution in [0.5, 0.6) is 17.2 Å². The quantitative estimate of drug-likeness (QED) is 0.306. The molecule has 2 aromatic heterocycles. The van der Waals surface area contributed by atoms with Crippen LogP contribution in [-0.2, 0) is 4.79 Å². The van der Waals surface area contributed by atoms with Crippen molar-refractivity contribution in [3.63, 3.8) is 0 Å². The fourth-order valence-electron chi connectivity index (χ4n) is 4.31. The molecule has 1 aliphatic heterocycles. The molecule has 190 valence electrons. The van der Waals surface area contributed by atoms with Gasteiger partial charge in [-0.3, -0.25) is 14.5 Å². The van der Waals surface area contributed by atoms with Gasteiger partial charge >= 0.3 is 0 Å². The van der Waals surface area contributed by atoms with E-state index < -0.39 is 23.5 Å². The maximum Gasteiger partial charge on any atom is 0.296 e. The zero-order chi connectivity index (χ0) is 26.4. The number of methoxy groups -OCH3 is 1. The number of phenols is 1. The van der Waals surface area contributed by atoms with Crippen LogP contribution in [0.4, 0.5) is 5.13 Å². The highest BCUT2D eigenvalue weighted by molar-refractivity contribution is 7.22. The summed E-state index contributed by atoms with van der Waals surface area (Å²) in [4.78, 5) is 37.9. The summed E-state index contributed by atoms with van der Waals surface area (Å²) >= 11 is 2.44. The molecule has 1 unspecified atom stereocenters. The van der Waals surface area contributed by atoms with Crippen molar-refractivity contribution in [2.75, 3.05) is 18.6 Å². The number of hydrogen-bond acceptors (Lipinski definition) is 10. The van der Waals surface area contributed by atoms with E-state index in [1.807, 2.05) is 6.07 Å². The lowest BCUT2D eigenvalue weighted by molar-refractivity contribution is -0.117. The Balaban J connectivity index is 1.70. The number of carbonyl (C=O) groups excluding carboxylic acids is 2. The first-order valence-electron chi connectivity index (χ1n) is 11.4. The summed E-state index contributed by atoms with van der Waals surface area (Å²) in [6, 6.07) is 8.94. The number of nitrogens with zero attached hydrogens (tertiary/aromatic N) is 3. The van der Waals surface area contributed by atoms with E-state index in [0.717, 1.165) is 4.70 Å². The van der Waals surface area contributed by atoms with Gasteiger partial charge in [-0.25, -0.2) is 9.97 Å². The van der Waals surface area contributed by atoms with Crippen molar-refractivity contribution in [2.45, 2.75) is 26.8 Å². The second kappa shape index (κ2) is 9.49. The first-order valence-corrected chi connectivity index (χ1v) is 13.0. The molecule has 5 rings (SSSR count). The molecule has 0 fully saturated rings. The number of aromatic hydroxyl groups is 1. The largest absolute Gasteiger partial charge is 0.504 e. The lowest BCUT2D eigenvalue weighted by Crippen LogP contribution is -2.31. The Kier molecular flexibility index (Phi) is 6.34. The van der Waals surface area contributed by atoms with E-state index in [2.05, 4.69) is 9.97 Å². The van der Waals surface area contributed by atoms with Gasteiger partial charge in [0.05, 0.1) is 51.1 Å². The highest BCUT2D eigenvalue weighted by Crippen LogP contribution is 2.46. The van der Waals surface area contributed by atoms with Crippen LogP contribution in [0.2, 0.25) is 0 Å². The number of aromatic nitrogens is 2. The minimum Gasteiger partial charge on any atom is -0.504 e. The number of benzene rings is 2. The van der Waals surface area contributed by atoms with Crippen molar-refractivity contribution in [3.05, 3.63) is 68.9 Å². The van der Waals surface area contributed by atoms with Crippen LogP contribution < -0.4 is 14.4 Å². The number of amides is 1. The van der Waals surface area contributed by atoms with Crippen molar-refractivity contribution < 1.29 is 29.3 Å². The van der Waals surface area contributed by atoms with Gasteiger partial charge in [0.1, 0.15) is 5.75 Å². The van der Waals surface area contributed by atoms with E-state index in [0.29, 0.717) is 44.1 Å². The average molecular weight is 538 g/mol. The molecule has 11 heteroatoms. The fourth-order valence-corrected chi connectivity index (χ4v) is 6.20. The van der Waals surface area contributed by atoms with Gasteiger partial charge in [-0.1, -0.05) is 17.4 Å². The maximum atomic E-state index is 13.8. The number of aryl methyl sites for hydroxylation is 2. The summed E-state index contributed by atoms with van der Waals surface area (Å²) in [6.45, 7) is 5.58. The molecule has 37 heavy (non-hydrogen) atoms. The number of anilines is 1. The third kappa shape index (κ3) is 4.19. The Morgan fingerprint density at radius 1 is 1.11 bits per heavy atom. The van der Waals surface area contributed by atoms with Gasteiger partial charge in [0, 0.05) is 0 Å². The van der Waals surface area contributed by atoms with Gasteiger partial charge in [-0.05, 0) is 56.7 Å². The van der Waals surface area contributed by atoms with Crippen molar-refractivity contribution in [3.8, 4) is 17.2 Å². The van der Waals surface area contributed by atoms with E-state index in [-0.39, 0.29) is 17.1 Å². The number of rotatable bonds is 7. The lowest BCUT2D eigenvalue weighted by Gasteiger charge is -2.25. The van der Waals surface area contributed by atoms with Crippen LogP contribution in [0, 0.1) is 13.8 Å². The van der Waals surface area contributed by atoms with Gasteiger partial charge in [-0.15, -0.1) is 11.3 Å². The van der Waals surface area contributed by atoms with E-state index >= 15 is 0 Å². The molecule has 0 aliphatic carbocycles. The van der Waals surface area contributed by atoms with Crippen LogP contribution >= 0.6 is 22.7 Å². The van der Waals surface area contributed by atoms with E-state index in [4.69, 9.17) is 9.47 Å². The standard InChI is InChI=1S/C26H23N3O6S2/c1-5-35-18-10-14(6-9-17(18)30)21-20(22(31)24-12(2)27-13(3)36-24)23(32)25(33)29(21)26-28-16-8-7-15(34-4)11-19(16)37-26/h6-11,21,30,32H,5H2,1-4H3. The molecule has 4 aromatic rings. The summed E-state index contributed by atoms with van der Waals surface area (Å²) in [7, 11) is 1.56. The molecule has 0 saturated carbocycles. The number of aliphatic hydroxyl groups is 1. The molecular formula is C26H23N3O6S2. The zero-order valence-corrected chi connectivity index (χ0v) is 22.1. The Morgan fingerprint density at radius 3 is 2.57 bits per heavy atom. The summed E-state index contributed by atoms with van der Waals surface area (Å²) in [5.74, 6) is -1.13. The predicted molar refractivity (Wildman–Crippen MR) is 141 cm³/mol. The molecule has 0 radical (unpaired) electrons. The third-order valence-electron chi connectivity index (χ3n) is 5.95. The summed E-state index contributed by atoms with van der Waals surface area (Å²) in [5, 5.41) is 22.3. The third-order valence-corrected chi connectivity index (χ3v) is 8.04. The normalized spacial score (nSPS) is 15.6. The van der Waals surface area contributed by atoms with Crippen LogP contribution in [0.15, 0.2) is 47.7 Å². The van der Waals surface area contributed by atoms with E-state index in [1.54, 1.807) is 52.1 Å². The average Bonchev–Trinajstić information content (AvgIpc) is 3.52. The zero-order valence-electron chi connectivity index (χ0n) is 20.4. The number of Topliss-reactive ketones (excluding diaryl/α,β-unsaturated/α-hetero) is 1. The molecular weight excluding hydrogens is 514 g/mol. The van der Waals surface area contributed by atoms with Crippen LogP contribution in [0.1, 0.15) is 38.9 Å². The Labute approximate surface area is 220 Å². The van der Waals surface area contributed by atoms with Gasteiger partial charge in [0.25, 0.3) is 5.91 Å². The van der Waals surface area contributed by atoms with Gasteiger partial charge < -0.3 is 19.7 Å². The molecule has 0 spiro atoms. The molecule has 2 aromatic carbocycles. The van der Waals surface area contributed by atoms with Crippen LogP contribution in [-0.4, -0.2) is 45.6 Å². The summed E-state index contributed by atoms with van der Waals surface area (Å²) in [6.07, 6.45) is 0. The number of phenolic OH excluding ortho intramolecular Hbond substituents is 1. The van der Waals surface area contributed by atoms with Crippen molar-refractivity contribution in [1.82, 2.24) is 9.97 Å². The van der Waals surface area contributed by atoms with Gasteiger partial charge in [0.2, 0.25) is 5.78 Å². The predicted octanol–water partition coefficient (Wildman–Crippen LogP) is 5.27. The topological polar surface area (TPSA) is 122 Å². The minimum absolute atomic E-state index is 0.0800. The number of thiazole rings is 2. The lowest BCUT2D eigenvalue weighted by atomic mass is 9.95.